The van der Waals surface area contributed by atoms with Crippen molar-refractivity contribution in [1.82, 2.24) is 4.98 Å². The molecule has 0 radical (unpaired) electrons. The summed E-state index contributed by atoms with van der Waals surface area (Å²) in [6.07, 6.45) is 3.46. The number of para-hydroxylation sites is 1. The third-order valence-corrected chi connectivity index (χ3v) is 2.72. The number of benzene rings is 1. The van der Waals surface area contributed by atoms with Crippen LogP contribution in [0.25, 0.3) is 10.9 Å². The van der Waals surface area contributed by atoms with Crippen LogP contribution >= 0.6 is 0 Å². The third-order valence-electron chi connectivity index (χ3n) is 2.72. The van der Waals surface area contributed by atoms with Gasteiger partial charge in [0.2, 0.25) is 5.88 Å². The summed E-state index contributed by atoms with van der Waals surface area (Å²) in [5, 5.41) is 1.05. The number of ether oxygens (including phenoxy) is 1. The van der Waals surface area contributed by atoms with E-state index in [-0.39, 0.29) is 0 Å². The zero-order valence-corrected chi connectivity index (χ0v) is 10.1. The third kappa shape index (κ3) is 2.87. The van der Waals surface area contributed by atoms with Gasteiger partial charge in [-0.3, -0.25) is 0 Å². The number of nitrogens with zero attached hydrogens (tertiary/aromatic N) is 1. The summed E-state index contributed by atoms with van der Waals surface area (Å²) in [7, 11) is 0. The van der Waals surface area contributed by atoms with Gasteiger partial charge in [0.05, 0.1) is 17.8 Å². The van der Waals surface area contributed by atoms with Crippen LogP contribution in [0.3, 0.4) is 0 Å². The molecule has 0 saturated carbocycles. The highest BCUT2D eigenvalue weighted by Crippen LogP contribution is 2.21. The van der Waals surface area contributed by atoms with Crippen molar-refractivity contribution in [3.05, 3.63) is 30.3 Å². The Balaban J connectivity index is 2.11. The molecule has 0 unspecified atom stereocenters. The van der Waals surface area contributed by atoms with Gasteiger partial charge in [-0.15, -0.1) is 0 Å². The van der Waals surface area contributed by atoms with Crippen LogP contribution in [0.2, 0.25) is 0 Å². The molecule has 0 aliphatic heterocycles. The summed E-state index contributed by atoms with van der Waals surface area (Å²) in [4.78, 5) is 4.43. The molecule has 0 aliphatic carbocycles. The van der Waals surface area contributed by atoms with Crippen molar-refractivity contribution in [1.29, 1.82) is 0 Å². The molecular formula is C14H18N2O. The molecule has 0 aliphatic rings. The molecule has 2 aromatic rings. The average molecular weight is 230 g/mol. The normalized spacial score (nSPS) is 10.6. The van der Waals surface area contributed by atoms with Gasteiger partial charge in [-0.05, 0) is 18.6 Å². The van der Waals surface area contributed by atoms with E-state index in [1.165, 1.54) is 12.8 Å². The van der Waals surface area contributed by atoms with E-state index < -0.39 is 0 Å². The summed E-state index contributed by atoms with van der Waals surface area (Å²) in [6, 6.07) is 9.68. The lowest BCUT2D eigenvalue weighted by Crippen LogP contribution is -1.99. The lowest BCUT2D eigenvalue weighted by molar-refractivity contribution is 0.296. The largest absolute Gasteiger partial charge is 0.478 e. The molecule has 0 bridgehead atoms. The van der Waals surface area contributed by atoms with Gasteiger partial charge in [0.25, 0.3) is 0 Å². The molecule has 1 aromatic carbocycles. The van der Waals surface area contributed by atoms with E-state index in [1.54, 1.807) is 0 Å². The molecule has 90 valence electrons. The van der Waals surface area contributed by atoms with Gasteiger partial charge in [0, 0.05) is 11.5 Å². The highest BCUT2D eigenvalue weighted by Gasteiger charge is 2.01. The van der Waals surface area contributed by atoms with Gasteiger partial charge in [0.1, 0.15) is 0 Å². The molecule has 0 amide bonds. The van der Waals surface area contributed by atoms with E-state index in [1.807, 2.05) is 30.3 Å². The summed E-state index contributed by atoms with van der Waals surface area (Å²) in [5.41, 5.74) is 7.40. The number of hydrogen-bond donors (Lipinski definition) is 1. The number of hydrogen-bond acceptors (Lipinski definition) is 3. The molecule has 1 heterocycles. The maximum atomic E-state index is 5.88. The first-order valence-corrected chi connectivity index (χ1v) is 6.09. The predicted octanol–water partition coefficient (Wildman–Crippen LogP) is 3.39. The van der Waals surface area contributed by atoms with E-state index in [0.29, 0.717) is 11.6 Å². The Morgan fingerprint density at radius 1 is 1.18 bits per heavy atom. The number of fused-ring (bicyclic) bond motifs is 1. The number of aromatic nitrogens is 1. The molecule has 0 saturated heterocycles. The number of anilines is 1. The minimum Gasteiger partial charge on any atom is -0.478 e. The number of unbranched alkanes of at least 4 members (excludes halogenated alkanes) is 2. The lowest BCUT2D eigenvalue weighted by atomic mass is 10.2. The number of nitrogens with two attached hydrogens (primary N) is 1. The Hall–Kier alpha value is -1.77. The fourth-order valence-corrected chi connectivity index (χ4v) is 1.76. The van der Waals surface area contributed by atoms with Crippen molar-refractivity contribution in [2.75, 3.05) is 12.3 Å². The Morgan fingerprint density at radius 2 is 2.06 bits per heavy atom. The Kier molecular flexibility index (Phi) is 3.81. The minimum atomic E-state index is 0.659. The van der Waals surface area contributed by atoms with Crippen LogP contribution < -0.4 is 10.5 Å². The van der Waals surface area contributed by atoms with E-state index in [0.717, 1.165) is 23.9 Å². The number of nitrogen functional groups attached to an aromatic ring is 1. The van der Waals surface area contributed by atoms with Crippen LogP contribution in [0, 0.1) is 0 Å². The average Bonchev–Trinajstić information content (AvgIpc) is 2.36. The number of pyridine rings is 1. The van der Waals surface area contributed by atoms with Crippen molar-refractivity contribution in [3.63, 3.8) is 0 Å². The van der Waals surface area contributed by atoms with Crippen LogP contribution in [-0.4, -0.2) is 11.6 Å². The highest BCUT2D eigenvalue weighted by atomic mass is 16.5. The second-order valence-corrected chi connectivity index (χ2v) is 4.12. The van der Waals surface area contributed by atoms with E-state index in [4.69, 9.17) is 10.5 Å². The summed E-state index contributed by atoms with van der Waals surface area (Å²) < 4.78 is 5.60. The Bertz CT molecular complexity index is 497. The van der Waals surface area contributed by atoms with Crippen LogP contribution in [0.15, 0.2) is 30.3 Å². The first-order chi connectivity index (χ1) is 8.31. The molecular weight excluding hydrogens is 212 g/mol. The standard InChI is InChI=1S/C14H18N2O/c1-2-3-4-10-17-13-9-8-11-6-5-7-12(15)14(11)16-13/h5-9H,2-4,10,15H2,1H3. The smallest absolute Gasteiger partial charge is 0.213 e. The quantitative estimate of drug-likeness (QED) is 0.632. The molecule has 0 spiro atoms. The monoisotopic (exact) mass is 230 g/mol. The summed E-state index contributed by atoms with van der Waals surface area (Å²) in [5.74, 6) is 0.659. The van der Waals surface area contributed by atoms with Crippen LogP contribution in [0.5, 0.6) is 5.88 Å². The first-order valence-electron chi connectivity index (χ1n) is 6.09. The van der Waals surface area contributed by atoms with Crippen molar-refractivity contribution < 1.29 is 4.74 Å². The van der Waals surface area contributed by atoms with E-state index >= 15 is 0 Å². The van der Waals surface area contributed by atoms with Gasteiger partial charge in [-0.2, -0.15) is 0 Å². The van der Waals surface area contributed by atoms with E-state index in [2.05, 4.69) is 11.9 Å². The molecule has 0 atom stereocenters. The van der Waals surface area contributed by atoms with Gasteiger partial charge >= 0.3 is 0 Å². The van der Waals surface area contributed by atoms with Crippen molar-refractivity contribution >= 4 is 16.6 Å². The molecule has 2 N–H and O–H groups in total. The second-order valence-electron chi connectivity index (χ2n) is 4.12. The lowest BCUT2D eigenvalue weighted by Gasteiger charge is -2.06. The summed E-state index contributed by atoms with van der Waals surface area (Å²) >= 11 is 0. The van der Waals surface area contributed by atoms with Crippen molar-refractivity contribution in [2.45, 2.75) is 26.2 Å². The SMILES string of the molecule is CCCCCOc1ccc2cccc(N)c2n1. The summed E-state index contributed by atoms with van der Waals surface area (Å²) in [6.45, 7) is 2.90. The van der Waals surface area contributed by atoms with Crippen LogP contribution in [-0.2, 0) is 0 Å². The topological polar surface area (TPSA) is 48.1 Å². The molecule has 3 nitrogen and oxygen atoms in total. The van der Waals surface area contributed by atoms with Gasteiger partial charge in [-0.1, -0.05) is 31.9 Å². The molecule has 3 heteroatoms. The van der Waals surface area contributed by atoms with Gasteiger partial charge in [0.15, 0.2) is 0 Å². The molecule has 17 heavy (non-hydrogen) atoms. The maximum absolute atomic E-state index is 5.88. The van der Waals surface area contributed by atoms with Crippen LogP contribution in [0.4, 0.5) is 5.69 Å². The maximum Gasteiger partial charge on any atom is 0.213 e. The second kappa shape index (κ2) is 5.53. The first kappa shape index (κ1) is 11.7. The molecule has 0 fully saturated rings. The van der Waals surface area contributed by atoms with Gasteiger partial charge < -0.3 is 10.5 Å². The van der Waals surface area contributed by atoms with Crippen molar-refractivity contribution in [2.24, 2.45) is 0 Å². The fourth-order valence-electron chi connectivity index (χ4n) is 1.76. The fraction of sp³-hybridized carbons (Fsp3) is 0.357. The van der Waals surface area contributed by atoms with Crippen molar-refractivity contribution in [3.8, 4) is 5.88 Å². The Morgan fingerprint density at radius 3 is 2.88 bits per heavy atom. The number of rotatable bonds is 5. The zero-order valence-electron chi connectivity index (χ0n) is 10.1. The van der Waals surface area contributed by atoms with E-state index in [9.17, 15) is 0 Å². The highest BCUT2D eigenvalue weighted by molar-refractivity contribution is 5.89. The predicted molar refractivity (Wildman–Crippen MR) is 71.2 cm³/mol. The van der Waals surface area contributed by atoms with Gasteiger partial charge in [-0.25, -0.2) is 4.98 Å². The van der Waals surface area contributed by atoms with Crippen LogP contribution in [0.1, 0.15) is 26.2 Å². The minimum absolute atomic E-state index is 0.659. The Labute approximate surface area is 102 Å². The molecule has 1 aromatic heterocycles. The molecule has 2 rings (SSSR count). The zero-order chi connectivity index (χ0) is 12.1.